The molecule has 0 aromatic heterocycles. The first kappa shape index (κ1) is 20.6. The molecule has 1 amide bonds. The molecule has 3 rings (SSSR count). The number of amides is 1. The summed E-state index contributed by atoms with van der Waals surface area (Å²) in [5.74, 6) is -0.704. The highest BCUT2D eigenvalue weighted by atomic mass is 19.1. The zero-order chi connectivity index (χ0) is 21.3. The maximum atomic E-state index is 14.2. The number of ether oxygens (including phenoxy) is 1. The summed E-state index contributed by atoms with van der Waals surface area (Å²) in [5.41, 5.74) is 2.57. The molecule has 1 heterocycles. The molecule has 2 aromatic carbocycles. The fourth-order valence-corrected chi connectivity index (χ4v) is 3.60. The lowest BCUT2D eigenvalue weighted by Crippen LogP contribution is -2.35. The first-order valence-electron chi connectivity index (χ1n) is 9.47. The summed E-state index contributed by atoms with van der Waals surface area (Å²) in [6.45, 7) is 7.66. The minimum atomic E-state index is -1.35. The summed E-state index contributed by atoms with van der Waals surface area (Å²) in [5, 5.41) is 14.9. The van der Waals surface area contributed by atoms with E-state index in [0.717, 1.165) is 16.8 Å². The van der Waals surface area contributed by atoms with E-state index in [-0.39, 0.29) is 34.7 Å². The molecular weight excluding hydrogens is 375 g/mol. The van der Waals surface area contributed by atoms with Crippen molar-refractivity contribution in [2.45, 2.75) is 40.2 Å². The number of carbonyl (C=O) groups excluding carboxylic acids is 1. The lowest BCUT2D eigenvalue weighted by Gasteiger charge is -2.41. The van der Waals surface area contributed by atoms with Crippen LogP contribution in [0.2, 0.25) is 0 Å². The minimum absolute atomic E-state index is 0.128. The number of hydrogen-bond donors (Lipinski definition) is 3. The molecule has 1 aliphatic heterocycles. The van der Waals surface area contributed by atoms with E-state index in [2.05, 4.69) is 24.5 Å². The van der Waals surface area contributed by atoms with Gasteiger partial charge in [-0.25, -0.2) is 9.18 Å². The van der Waals surface area contributed by atoms with Gasteiger partial charge >= 0.3 is 6.16 Å². The Kier molecular flexibility index (Phi) is 5.50. The molecule has 1 aliphatic rings. The van der Waals surface area contributed by atoms with E-state index in [1.165, 1.54) is 6.07 Å². The Morgan fingerprint density at radius 1 is 1.24 bits per heavy atom. The van der Waals surface area contributed by atoms with Crippen LogP contribution in [-0.4, -0.2) is 17.2 Å². The number of rotatable bonds is 4. The molecule has 0 fully saturated rings. The van der Waals surface area contributed by atoms with Gasteiger partial charge in [-0.15, -0.1) is 0 Å². The summed E-state index contributed by atoms with van der Waals surface area (Å²) >= 11 is 0. The Morgan fingerprint density at radius 2 is 1.97 bits per heavy atom. The van der Waals surface area contributed by atoms with Crippen LogP contribution in [0.15, 0.2) is 36.4 Å². The fourth-order valence-electron chi connectivity index (χ4n) is 3.60. The van der Waals surface area contributed by atoms with Crippen LogP contribution in [-0.2, 0) is 11.2 Å². The van der Waals surface area contributed by atoms with Gasteiger partial charge in [-0.05, 0) is 53.3 Å². The van der Waals surface area contributed by atoms with Crippen molar-refractivity contribution in [3.63, 3.8) is 0 Å². The third kappa shape index (κ3) is 4.50. The highest BCUT2D eigenvalue weighted by Crippen LogP contribution is 2.46. The Hall–Kier alpha value is -3.09. The average molecular weight is 400 g/mol. The highest BCUT2D eigenvalue weighted by molar-refractivity contribution is 5.92. The van der Waals surface area contributed by atoms with Crippen LogP contribution >= 0.6 is 0 Å². The second-order valence-electron chi connectivity index (χ2n) is 8.31. The summed E-state index contributed by atoms with van der Waals surface area (Å²) in [4.78, 5) is 22.8. The monoisotopic (exact) mass is 400 g/mol. The molecule has 0 radical (unpaired) electrons. The smallest absolute Gasteiger partial charge is 0.449 e. The first-order chi connectivity index (χ1) is 13.6. The molecule has 0 bridgehead atoms. The van der Waals surface area contributed by atoms with Crippen LogP contribution in [0.5, 0.6) is 5.75 Å². The standard InChI is InChI=1S/C22H25FN2O4/c1-12(2)20(26)25-18-10-13(5-7-16(18)23)19-22(3,4)11-14-9-15(29-21(27)28)6-8-17(14)24-19/h5-10,12,19,24H,11H2,1-4H3,(H,25,26)(H,27,28). The Balaban J connectivity index is 1.91. The predicted molar refractivity (Wildman–Crippen MR) is 109 cm³/mol. The van der Waals surface area contributed by atoms with E-state index in [4.69, 9.17) is 9.84 Å². The topological polar surface area (TPSA) is 87.7 Å². The van der Waals surface area contributed by atoms with Crippen molar-refractivity contribution >= 4 is 23.4 Å². The van der Waals surface area contributed by atoms with E-state index in [0.29, 0.717) is 6.42 Å². The SMILES string of the molecule is CC(C)C(=O)Nc1cc(C2Nc3ccc(OC(=O)O)cc3CC2(C)C)ccc1F. The maximum absolute atomic E-state index is 14.2. The lowest BCUT2D eigenvalue weighted by atomic mass is 9.73. The zero-order valence-electron chi connectivity index (χ0n) is 16.9. The van der Waals surface area contributed by atoms with Gasteiger partial charge in [-0.1, -0.05) is 33.8 Å². The van der Waals surface area contributed by atoms with Crippen molar-refractivity contribution in [1.82, 2.24) is 0 Å². The van der Waals surface area contributed by atoms with Gasteiger partial charge in [0.1, 0.15) is 11.6 Å². The van der Waals surface area contributed by atoms with Crippen molar-refractivity contribution in [1.29, 1.82) is 0 Å². The van der Waals surface area contributed by atoms with Crippen molar-refractivity contribution in [2.24, 2.45) is 11.3 Å². The van der Waals surface area contributed by atoms with E-state index >= 15 is 0 Å². The second-order valence-corrected chi connectivity index (χ2v) is 8.31. The molecule has 0 aliphatic carbocycles. The summed E-state index contributed by atoms with van der Waals surface area (Å²) in [6, 6.07) is 9.70. The van der Waals surface area contributed by atoms with Crippen LogP contribution in [0.3, 0.4) is 0 Å². The van der Waals surface area contributed by atoms with Gasteiger partial charge in [0.15, 0.2) is 0 Å². The molecule has 7 heteroatoms. The molecule has 0 saturated heterocycles. The molecule has 154 valence electrons. The molecule has 0 spiro atoms. The van der Waals surface area contributed by atoms with E-state index in [1.807, 2.05) is 0 Å². The minimum Gasteiger partial charge on any atom is -0.449 e. The molecule has 1 atom stereocenters. The molecule has 3 N–H and O–H groups in total. The van der Waals surface area contributed by atoms with Crippen molar-refractivity contribution in [2.75, 3.05) is 10.6 Å². The zero-order valence-corrected chi connectivity index (χ0v) is 16.9. The maximum Gasteiger partial charge on any atom is 0.511 e. The Morgan fingerprint density at radius 3 is 2.62 bits per heavy atom. The number of anilines is 2. The number of halogens is 1. The van der Waals surface area contributed by atoms with Crippen molar-refractivity contribution < 1.29 is 23.8 Å². The Bertz CT molecular complexity index is 956. The van der Waals surface area contributed by atoms with Crippen LogP contribution in [0, 0.1) is 17.2 Å². The average Bonchev–Trinajstić information content (AvgIpc) is 2.61. The third-order valence-electron chi connectivity index (χ3n) is 5.12. The van der Waals surface area contributed by atoms with Crippen molar-refractivity contribution in [3.05, 3.63) is 53.3 Å². The van der Waals surface area contributed by atoms with Gasteiger partial charge in [0, 0.05) is 11.6 Å². The van der Waals surface area contributed by atoms with Crippen LogP contribution in [0.4, 0.5) is 20.6 Å². The van der Waals surface area contributed by atoms with Crippen molar-refractivity contribution in [3.8, 4) is 5.75 Å². The van der Waals surface area contributed by atoms with E-state index < -0.39 is 12.0 Å². The number of carbonyl (C=O) groups is 2. The summed E-state index contributed by atoms with van der Waals surface area (Å²) in [6.07, 6.45) is -0.685. The van der Waals surface area contributed by atoms with Crippen LogP contribution in [0.1, 0.15) is 44.9 Å². The molecule has 0 saturated carbocycles. The van der Waals surface area contributed by atoms with E-state index in [9.17, 15) is 14.0 Å². The van der Waals surface area contributed by atoms with E-state index in [1.54, 1.807) is 44.2 Å². The molecular formula is C22H25FN2O4. The predicted octanol–water partition coefficient (Wildman–Crippen LogP) is 5.21. The van der Waals surface area contributed by atoms with Gasteiger partial charge in [-0.3, -0.25) is 4.79 Å². The highest BCUT2D eigenvalue weighted by Gasteiger charge is 2.36. The molecule has 6 nitrogen and oxygen atoms in total. The number of benzene rings is 2. The summed E-state index contributed by atoms with van der Waals surface area (Å²) in [7, 11) is 0. The number of fused-ring (bicyclic) bond motifs is 1. The quantitative estimate of drug-likeness (QED) is 0.484. The lowest BCUT2D eigenvalue weighted by molar-refractivity contribution is -0.118. The first-order valence-corrected chi connectivity index (χ1v) is 9.47. The van der Waals surface area contributed by atoms with Gasteiger partial charge in [0.2, 0.25) is 5.91 Å². The third-order valence-corrected chi connectivity index (χ3v) is 5.12. The number of carboxylic acid groups (broad SMARTS) is 1. The van der Waals surface area contributed by atoms with Gasteiger partial charge < -0.3 is 20.5 Å². The summed E-state index contributed by atoms with van der Waals surface area (Å²) < 4.78 is 19.0. The molecule has 1 unspecified atom stereocenters. The Labute approximate surface area is 169 Å². The molecule has 2 aromatic rings. The number of hydrogen-bond acceptors (Lipinski definition) is 4. The molecule has 29 heavy (non-hydrogen) atoms. The van der Waals surface area contributed by atoms with Crippen LogP contribution < -0.4 is 15.4 Å². The fraction of sp³-hybridized carbons (Fsp3) is 0.364. The van der Waals surface area contributed by atoms with Gasteiger partial charge in [0.25, 0.3) is 0 Å². The van der Waals surface area contributed by atoms with Crippen LogP contribution in [0.25, 0.3) is 0 Å². The largest absolute Gasteiger partial charge is 0.511 e. The van der Waals surface area contributed by atoms with Gasteiger partial charge in [-0.2, -0.15) is 0 Å². The normalized spacial score (nSPS) is 17.2. The second kappa shape index (κ2) is 7.73. The number of nitrogens with one attached hydrogen (secondary N) is 2. The van der Waals surface area contributed by atoms with Gasteiger partial charge in [0.05, 0.1) is 11.7 Å².